The van der Waals surface area contributed by atoms with Crippen LogP contribution in [-0.4, -0.2) is 29.6 Å². The van der Waals surface area contributed by atoms with Gasteiger partial charge in [0.2, 0.25) is 0 Å². The van der Waals surface area contributed by atoms with Crippen LogP contribution in [-0.2, 0) is 28.9 Å². The van der Waals surface area contributed by atoms with E-state index in [1.165, 1.54) is 6.42 Å². The summed E-state index contributed by atoms with van der Waals surface area (Å²) >= 11 is 0. The summed E-state index contributed by atoms with van der Waals surface area (Å²) in [5.74, 6) is -0.557. The lowest BCUT2D eigenvalue weighted by molar-refractivity contribution is -0.149. The molecule has 1 aromatic rings. The van der Waals surface area contributed by atoms with E-state index in [-0.39, 0.29) is 36.2 Å². The van der Waals surface area contributed by atoms with E-state index in [0.29, 0.717) is 6.54 Å². The molecule has 0 bridgehead atoms. The van der Waals surface area contributed by atoms with Crippen molar-refractivity contribution >= 4 is 11.9 Å². The maximum atomic E-state index is 13.0. The van der Waals surface area contributed by atoms with E-state index in [1.807, 2.05) is 0 Å². The SMILES string of the molecule is CCCCn1c(CCC)c(CC)cc(C(=O)NCCOC(=O)C2CCCCC2)c1=O. The van der Waals surface area contributed by atoms with Crippen molar-refractivity contribution in [2.75, 3.05) is 13.2 Å². The number of carbonyl (C=O) groups excluding carboxylic acids is 2. The van der Waals surface area contributed by atoms with Crippen molar-refractivity contribution in [2.24, 2.45) is 5.92 Å². The van der Waals surface area contributed by atoms with E-state index in [1.54, 1.807) is 10.6 Å². The number of rotatable bonds is 11. The molecule has 0 unspecified atom stereocenters. The van der Waals surface area contributed by atoms with Crippen molar-refractivity contribution in [2.45, 2.75) is 91.5 Å². The van der Waals surface area contributed by atoms with Gasteiger partial charge in [0.05, 0.1) is 12.5 Å². The van der Waals surface area contributed by atoms with Crippen LogP contribution in [0, 0.1) is 5.92 Å². The minimum Gasteiger partial charge on any atom is -0.464 e. The summed E-state index contributed by atoms with van der Waals surface area (Å²) in [5, 5.41) is 2.75. The Morgan fingerprint density at radius 2 is 1.87 bits per heavy atom. The Labute approximate surface area is 180 Å². The highest BCUT2D eigenvalue weighted by Crippen LogP contribution is 2.24. The summed E-state index contributed by atoms with van der Waals surface area (Å²) in [4.78, 5) is 37.9. The molecule has 6 nitrogen and oxygen atoms in total. The van der Waals surface area contributed by atoms with Crippen molar-refractivity contribution < 1.29 is 14.3 Å². The molecule has 1 aliphatic carbocycles. The first-order valence-corrected chi connectivity index (χ1v) is 11.7. The Balaban J connectivity index is 2.03. The summed E-state index contributed by atoms with van der Waals surface area (Å²) in [5.41, 5.74) is 2.07. The topological polar surface area (TPSA) is 77.4 Å². The van der Waals surface area contributed by atoms with Gasteiger partial charge in [-0.3, -0.25) is 14.4 Å². The predicted molar refractivity (Wildman–Crippen MR) is 119 cm³/mol. The number of unbranched alkanes of at least 4 members (excludes halogenated alkanes) is 1. The third kappa shape index (κ3) is 6.44. The number of nitrogens with zero attached hydrogens (tertiary/aromatic N) is 1. The number of ether oxygens (including phenoxy) is 1. The van der Waals surface area contributed by atoms with Gasteiger partial charge in [0.25, 0.3) is 11.5 Å². The molecule has 0 aliphatic heterocycles. The zero-order chi connectivity index (χ0) is 21.9. The Morgan fingerprint density at radius 1 is 1.13 bits per heavy atom. The van der Waals surface area contributed by atoms with Gasteiger partial charge < -0.3 is 14.6 Å². The molecule has 30 heavy (non-hydrogen) atoms. The average molecular weight is 419 g/mol. The molecule has 1 N–H and O–H groups in total. The highest BCUT2D eigenvalue weighted by molar-refractivity contribution is 5.94. The van der Waals surface area contributed by atoms with Crippen molar-refractivity contribution in [3.05, 3.63) is 33.2 Å². The first-order chi connectivity index (χ1) is 14.5. The van der Waals surface area contributed by atoms with Crippen LogP contribution >= 0.6 is 0 Å². The van der Waals surface area contributed by atoms with E-state index in [4.69, 9.17) is 4.74 Å². The lowest BCUT2D eigenvalue weighted by atomic mass is 9.89. The molecule has 0 aromatic carbocycles. The van der Waals surface area contributed by atoms with E-state index in [0.717, 1.165) is 69.0 Å². The summed E-state index contributed by atoms with van der Waals surface area (Å²) < 4.78 is 7.13. The molecule has 168 valence electrons. The van der Waals surface area contributed by atoms with E-state index in [9.17, 15) is 14.4 Å². The van der Waals surface area contributed by atoms with Crippen LogP contribution in [0.1, 0.15) is 93.8 Å². The second-order valence-corrected chi connectivity index (χ2v) is 8.20. The molecule has 0 saturated heterocycles. The standard InChI is InChI=1S/C24H38N2O4/c1-4-7-15-26-21(11-5-2)18(6-3)17-20(23(26)28)22(27)25-14-16-30-24(29)19-12-9-8-10-13-19/h17,19H,4-16H2,1-3H3,(H,25,27). The number of amides is 1. The Morgan fingerprint density at radius 3 is 2.50 bits per heavy atom. The van der Waals surface area contributed by atoms with Crippen LogP contribution in [0.5, 0.6) is 0 Å². The minimum atomic E-state index is -0.392. The van der Waals surface area contributed by atoms with Crippen LogP contribution in [0.4, 0.5) is 0 Å². The molecule has 0 spiro atoms. The van der Waals surface area contributed by atoms with E-state index < -0.39 is 5.91 Å². The third-order valence-corrected chi connectivity index (χ3v) is 5.91. The van der Waals surface area contributed by atoms with Gasteiger partial charge in [-0.05, 0) is 43.7 Å². The van der Waals surface area contributed by atoms with Gasteiger partial charge in [-0.25, -0.2) is 0 Å². The van der Waals surface area contributed by atoms with Gasteiger partial charge in [-0.1, -0.05) is 52.9 Å². The quantitative estimate of drug-likeness (QED) is 0.435. The average Bonchev–Trinajstić information content (AvgIpc) is 2.77. The minimum absolute atomic E-state index is 0.00144. The van der Waals surface area contributed by atoms with Crippen LogP contribution in [0.15, 0.2) is 10.9 Å². The number of aromatic nitrogens is 1. The maximum absolute atomic E-state index is 13.0. The second-order valence-electron chi connectivity index (χ2n) is 8.20. The van der Waals surface area contributed by atoms with Crippen molar-refractivity contribution in [1.29, 1.82) is 0 Å². The number of aryl methyl sites for hydroxylation is 1. The lowest BCUT2D eigenvalue weighted by Crippen LogP contribution is -2.37. The highest BCUT2D eigenvalue weighted by atomic mass is 16.5. The number of pyridine rings is 1. The number of hydrogen-bond donors (Lipinski definition) is 1. The molecule has 6 heteroatoms. The van der Waals surface area contributed by atoms with Crippen LogP contribution < -0.4 is 10.9 Å². The van der Waals surface area contributed by atoms with Gasteiger partial charge in [0.15, 0.2) is 0 Å². The van der Waals surface area contributed by atoms with Gasteiger partial charge >= 0.3 is 5.97 Å². The monoisotopic (exact) mass is 418 g/mol. The highest BCUT2D eigenvalue weighted by Gasteiger charge is 2.22. The molecule has 1 aliphatic rings. The summed E-state index contributed by atoms with van der Waals surface area (Å²) in [6.07, 6.45) is 9.59. The van der Waals surface area contributed by atoms with Gasteiger partial charge in [0, 0.05) is 12.2 Å². The summed E-state index contributed by atoms with van der Waals surface area (Å²) in [6, 6.07) is 1.75. The number of carbonyl (C=O) groups is 2. The zero-order valence-corrected chi connectivity index (χ0v) is 18.9. The number of esters is 1. The fraction of sp³-hybridized carbons (Fsp3) is 0.708. The smallest absolute Gasteiger partial charge is 0.308 e. The van der Waals surface area contributed by atoms with Crippen LogP contribution in [0.2, 0.25) is 0 Å². The van der Waals surface area contributed by atoms with Crippen molar-refractivity contribution in [1.82, 2.24) is 9.88 Å². The molecule has 1 saturated carbocycles. The molecule has 1 fully saturated rings. The molecule has 0 radical (unpaired) electrons. The van der Waals surface area contributed by atoms with Gasteiger partial charge in [-0.2, -0.15) is 0 Å². The largest absolute Gasteiger partial charge is 0.464 e. The molecule has 2 rings (SSSR count). The van der Waals surface area contributed by atoms with Gasteiger partial charge in [-0.15, -0.1) is 0 Å². The summed E-state index contributed by atoms with van der Waals surface area (Å²) in [7, 11) is 0. The molecule has 0 atom stereocenters. The first-order valence-electron chi connectivity index (χ1n) is 11.7. The number of hydrogen-bond acceptors (Lipinski definition) is 4. The molecular weight excluding hydrogens is 380 g/mol. The zero-order valence-electron chi connectivity index (χ0n) is 18.9. The maximum Gasteiger partial charge on any atom is 0.308 e. The number of nitrogens with one attached hydrogen (secondary N) is 1. The van der Waals surface area contributed by atoms with Crippen molar-refractivity contribution in [3.8, 4) is 0 Å². The first kappa shape index (κ1) is 24.2. The Bertz CT molecular complexity index is 763. The summed E-state index contributed by atoms with van der Waals surface area (Å²) in [6.45, 7) is 7.23. The van der Waals surface area contributed by atoms with Gasteiger partial charge in [0.1, 0.15) is 12.2 Å². The van der Waals surface area contributed by atoms with Crippen molar-refractivity contribution in [3.63, 3.8) is 0 Å². The molecular formula is C24H38N2O4. The second kappa shape index (κ2) is 12.6. The normalized spacial score (nSPS) is 14.5. The van der Waals surface area contributed by atoms with Crippen LogP contribution in [0.3, 0.4) is 0 Å². The van der Waals surface area contributed by atoms with E-state index >= 15 is 0 Å². The third-order valence-electron chi connectivity index (χ3n) is 5.91. The Kier molecular flexibility index (Phi) is 10.1. The molecule has 1 amide bonds. The Hall–Kier alpha value is -2.11. The molecule has 1 heterocycles. The predicted octanol–water partition coefficient (Wildman–Crippen LogP) is 4.02. The molecule has 1 aromatic heterocycles. The van der Waals surface area contributed by atoms with E-state index in [2.05, 4.69) is 26.1 Å². The van der Waals surface area contributed by atoms with Crippen LogP contribution in [0.25, 0.3) is 0 Å². The lowest BCUT2D eigenvalue weighted by Gasteiger charge is -2.20. The fourth-order valence-electron chi connectivity index (χ4n) is 4.18. The fourth-order valence-corrected chi connectivity index (χ4v) is 4.18.